The molecule has 0 bridgehead atoms. The van der Waals surface area contributed by atoms with Gasteiger partial charge in [0, 0.05) is 6.07 Å². The van der Waals surface area contributed by atoms with E-state index in [0.29, 0.717) is 13.0 Å². The van der Waals surface area contributed by atoms with Gasteiger partial charge in [-0.3, -0.25) is 0 Å². The minimum atomic E-state index is -1.74. The fourth-order valence-electron chi connectivity index (χ4n) is 5.64. The summed E-state index contributed by atoms with van der Waals surface area (Å²) >= 11 is 0. The Morgan fingerprint density at radius 1 is 0.500 bits per heavy atom. The smallest absolute Gasteiger partial charge is 0.343 e. The number of hydrogen-bond donors (Lipinski definition) is 0. The van der Waals surface area contributed by atoms with Crippen molar-refractivity contribution < 1.29 is 32.2 Å². The van der Waals surface area contributed by atoms with E-state index in [1.165, 1.54) is 83.5 Å². The van der Waals surface area contributed by atoms with E-state index in [9.17, 15) is 18.0 Å². The van der Waals surface area contributed by atoms with Gasteiger partial charge in [0.25, 0.3) is 0 Å². The molecule has 3 rings (SSSR count). The normalized spacial score (nSPS) is 11.1. The van der Waals surface area contributed by atoms with E-state index in [4.69, 9.17) is 14.2 Å². The molecule has 0 amide bonds. The molecule has 0 spiro atoms. The zero-order chi connectivity index (χ0) is 34.4. The van der Waals surface area contributed by atoms with E-state index in [-0.39, 0.29) is 12.2 Å². The predicted octanol–water partition coefficient (Wildman–Crippen LogP) is 12.8. The maximum absolute atomic E-state index is 14.5. The molecule has 0 saturated heterocycles. The van der Waals surface area contributed by atoms with Crippen molar-refractivity contribution in [2.75, 3.05) is 13.2 Å². The molecule has 0 N–H and O–H groups in total. The first-order valence-corrected chi connectivity index (χ1v) is 18.3. The second-order valence-electron chi connectivity index (χ2n) is 12.7. The van der Waals surface area contributed by atoms with Gasteiger partial charge in [-0.25, -0.2) is 9.18 Å². The number of halogens is 3. The lowest BCUT2D eigenvalue weighted by Gasteiger charge is -2.12. The van der Waals surface area contributed by atoms with Gasteiger partial charge in [0.2, 0.25) is 17.5 Å². The van der Waals surface area contributed by atoms with E-state index < -0.39 is 34.9 Å². The highest BCUT2D eigenvalue weighted by molar-refractivity contribution is 5.91. The summed E-state index contributed by atoms with van der Waals surface area (Å²) in [7, 11) is 0. The number of ether oxygens (including phenoxy) is 3. The molecule has 0 atom stereocenters. The highest BCUT2D eigenvalue weighted by atomic mass is 19.2. The van der Waals surface area contributed by atoms with Crippen molar-refractivity contribution in [1.82, 2.24) is 0 Å². The van der Waals surface area contributed by atoms with E-state index in [1.54, 1.807) is 24.3 Å². The van der Waals surface area contributed by atoms with Crippen molar-refractivity contribution in [2.45, 2.75) is 129 Å². The number of rotatable bonds is 25. The highest BCUT2D eigenvalue weighted by Crippen LogP contribution is 2.32. The summed E-state index contributed by atoms with van der Waals surface area (Å²) in [6.07, 6.45) is 21.4. The van der Waals surface area contributed by atoms with Crippen LogP contribution in [0.5, 0.6) is 17.2 Å². The Hall–Kier alpha value is -3.48. The Bertz CT molecular complexity index is 1330. The SMILES string of the molecule is CCCCCCCCCCCCOc1ccc(-c2ccc(C(=O)Oc3cc(OCCCCCCCCCC)c(F)c(F)c3F)cc2)cc1. The molecule has 0 aliphatic carbocycles. The van der Waals surface area contributed by atoms with Crippen molar-refractivity contribution in [2.24, 2.45) is 0 Å². The molecule has 0 unspecified atom stereocenters. The third-order valence-corrected chi connectivity index (χ3v) is 8.61. The van der Waals surface area contributed by atoms with Crippen LogP contribution in [0.2, 0.25) is 0 Å². The van der Waals surface area contributed by atoms with Crippen LogP contribution < -0.4 is 14.2 Å². The van der Waals surface area contributed by atoms with Crippen LogP contribution in [0.25, 0.3) is 11.1 Å². The number of hydrogen-bond acceptors (Lipinski definition) is 4. The maximum atomic E-state index is 14.5. The highest BCUT2D eigenvalue weighted by Gasteiger charge is 2.23. The van der Waals surface area contributed by atoms with Crippen LogP contribution in [0.3, 0.4) is 0 Å². The minimum Gasteiger partial charge on any atom is -0.494 e. The second kappa shape index (κ2) is 23.0. The van der Waals surface area contributed by atoms with Gasteiger partial charge in [-0.2, -0.15) is 8.78 Å². The van der Waals surface area contributed by atoms with Crippen LogP contribution in [0.15, 0.2) is 54.6 Å². The quantitative estimate of drug-likeness (QED) is 0.0390. The molecule has 3 aromatic rings. The number of unbranched alkanes of at least 4 members (excludes halogenated alkanes) is 16. The number of carbonyl (C=O) groups excluding carboxylic acids is 1. The molecule has 0 aliphatic heterocycles. The average Bonchev–Trinajstić information content (AvgIpc) is 3.11. The molecular formula is C41H55F3O4. The lowest BCUT2D eigenvalue weighted by atomic mass is 10.0. The van der Waals surface area contributed by atoms with Crippen molar-refractivity contribution in [3.63, 3.8) is 0 Å². The Morgan fingerprint density at radius 3 is 1.42 bits per heavy atom. The largest absolute Gasteiger partial charge is 0.494 e. The number of benzene rings is 3. The topological polar surface area (TPSA) is 44.8 Å². The van der Waals surface area contributed by atoms with Crippen molar-refractivity contribution in [3.05, 3.63) is 77.6 Å². The third-order valence-electron chi connectivity index (χ3n) is 8.61. The average molecular weight is 669 g/mol. The van der Waals surface area contributed by atoms with E-state index in [2.05, 4.69) is 13.8 Å². The second-order valence-corrected chi connectivity index (χ2v) is 12.7. The minimum absolute atomic E-state index is 0.140. The molecule has 0 radical (unpaired) electrons. The van der Waals surface area contributed by atoms with Crippen molar-refractivity contribution in [1.29, 1.82) is 0 Å². The Kier molecular flexibility index (Phi) is 18.7. The summed E-state index contributed by atoms with van der Waals surface area (Å²) in [5.74, 6) is -6.04. The van der Waals surface area contributed by atoms with Gasteiger partial charge in [0.05, 0.1) is 18.8 Å². The third kappa shape index (κ3) is 13.9. The monoisotopic (exact) mass is 668 g/mol. The first-order valence-electron chi connectivity index (χ1n) is 18.3. The summed E-state index contributed by atoms with van der Waals surface area (Å²) in [6, 6.07) is 15.2. The zero-order valence-corrected chi connectivity index (χ0v) is 29.1. The van der Waals surface area contributed by atoms with Gasteiger partial charge in [-0.1, -0.05) is 141 Å². The standard InChI is InChI=1S/C41H55F3O4/c1-3-5-7-9-11-13-14-16-17-19-29-46-35-27-25-33(26-28-35)32-21-23-34(24-22-32)41(45)48-37-31-36(38(42)40(44)39(37)43)47-30-20-18-15-12-10-8-6-4-2/h21-28,31H,3-20,29-30H2,1-2H3. The molecule has 48 heavy (non-hydrogen) atoms. The molecule has 0 heterocycles. The van der Waals surface area contributed by atoms with E-state index in [0.717, 1.165) is 48.6 Å². The lowest BCUT2D eigenvalue weighted by Crippen LogP contribution is -2.11. The first kappa shape index (κ1) is 39.0. The summed E-state index contributed by atoms with van der Waals surface area (Å²) in [4.78, 5) is 12.8. The fourth-order valence-corrected chi connectivity index (χ4v) is 5.64. The maximum Gasteiger partial charge on any atom is 0.343 e. The summed E-state index contributed by atoms with van der Waals surface area (Å²) < 4.78 is 59.6. The summed E-state index contributed by atoms with van der Waals surface area (Å²) in [6.45, 7) is 5.27. The Balaban J connectivity index is 1.42. The Labute approximate surface area is 286 Å². The molecule has 7 heteroatoms. The van der Waals surface area contributed by atoms with Crippen LogP contribution in [-0.4, -0.2) is 19.2 Å². The molecule has 0 aliphatic rings. The zero-order valence-electron chi connectivity index (χ0n) is 29.1. The molecule has 264 valence electrons. The van der Waals surface area contributed by atoms with Gasteiger partial charge in [-0.15, -0.1) is 0 Å². The molecule has 0 aromatic heterocycles. The van der Waals surface area contributed by atoms with Gasteiger partial charge < -0.3 is 14.2 Å². The summed E-state index contributed by atoms with van der Waals surface area (Å²) in [5.41, 5.74) is 1.94. The summed E-state index contributed by atoms with van der Waals surface area (Å²) in [5, 5.41) is 0. The number of carbonyl (C=O) groups is 1. The van der Waals surface area contributed by atoms with Crippen LogP contribution in [-0.2, 0) is 0 Å². The van der Waals surface area contributed by atoms with Gasteiger partial charge >= 0.3 is 5.97 Å². The van der Waals surface area contributed by atoms with E-state index in [1.807, 2.05) is 24.3 Å². The van der Waals surface area contributed by atoms with Gasteiger partial charge in [0.15, 0.2) is 11.5 Å². The number of esters is 1. The van der Waals surface area contributed by atoms with E-state index >= 15 is 0 Å². The molecule has 4 nitrogen and oxygen atoms in total. The lowest BCUT2D eigenvalue weighted by molar-refractivity contribution is 0.0725. The molecule has 0 saturated carbocycles. The molecule has 0 fully saturated rings. The molecule has 3 aromatic carbocycles. The predicted molar refractivity (Wildman–Crippen MR) is 189 cm³/mol. The van der Waals surface area contributed by atoms with Crippen LogP contribution >= 0.6 is 0 Å². The van der Waals surface area contributed by atoms with Crippen molar-refractivity contribution >= 4 is 5.97 Å². The van der Waals surface area contributed by atoms with Crippen LogP contribution in [0.4, 0.5) is 13.2 Å². The van der Waals surface area contributed by atoms with Crippen molar-refractivity contribution in [3.8, 4) is 28.4 Å². The van der Waals surface area contributed by atoms with Gasteiger partial charge in [-0.05, 0) is 48.2 Å². The first-order chi connectivity index (χ1) is 23.4. The Morgan fingerprint density at radius 2 is 0.917 bits per heavy atom. The van der Waals surface area contributed by atoms with Gasteiger partial charge in [0.1, 0.15) is 5.75 Å². The van der Waals surface area contributed by atoms with Crippen LogP contribution in [0.1, 0.15) is 140 Å². The van der Waals surface area contributed by atoms with Crippen LogP contribution in [0, 0.1) is 17.5 Å². The fraction of sp³-hybridized carbons (Fsp3) is 0.537. The molecular weight excluding hydrogens is 613 g/mol.